The first-order valence-electron chi connectivity index (χ1n) is 7.76. The summed E-state index contributed by atoms with van der Waals surface area (Å²) in [5, 5.41) is 0.652. The Morgan fingerprint density at radius 2 is 1.71 bits per heavy atom. The minimum Gasteiger partial charge on any atom is -0.237 e. The third-order valence-corrected chi connectivity index (χ3v) is 6.27. The van der Waals surface area contributed by atoms with Gasteiger partial charge in [-0.15, -0.1) is 0 Å². The zero-order valence-electron chi connectivity index (χ0n) is 13.5. The maximum Gasteiger partial charge on any atom is 0.284 e. The number of pyridine rings is 1. The van der Waals surface area contributed by atoms with Crippen LogP contribution >= 0.6 is 11.6 Å². The predicted octanol–water partition coefficient (Wildman–Crippen LogP) is 3.10. The Morgan fingerprint density at radius 1 is 1.04 bits per heavy atom. The number of hydrogen-bond acceptors (Lipinski definition) is 2. The predicted molar refractivity (Wildman–Crippen MR) is 94.5 cm³/mol. The lowest BCUT2D eigenvalue weighted by molar-refractivity contribution is -0.509. The third-order valence-electron chi connectivity index (χ3n) is 3.98. The van der Waals surface area contributed by atoms with Crippen molar-refractivity contribution in [3.8, 4) is 11.3 Å². The standard InChI is InChI=1S/C17H18ClN3O2S/c1-3-21(4-2)24(22,23)15-8-5-13(6-9-15)16-12-20-11-14(18)7-10-17(20)19-16/h5-12H,3-4H2,1-2H3/p+1. The van der Waals surface area contributed by atoms with Gasteiger partial charge in [0, 0.05) is 24.7 Å². The van der Waals surface area contributed by atoms with Gasteiger partial charge in [-0.2, -0.15) is 4.31 Å². The molecule has 0 aliphatic carbocycles. The summed E-state index contributed by atoms with van der Waals surface area (Å²) in [5.41, 5.74) is 2.71. The molecule has 0 amide bonds. The molecule has 0 aliphatic rings. The van der Waals surface area contributed by atoms with Gasteiger partial charge in [0.25, 0.3) is 5.65 Å². The highest BCUT2D eigenvalue weighted by Crippen LogP contribution is 2.22. The van der Waals surface area contributed by atoms with Crippen LogP contribution in [-0.4, -0.2) is 30.8 Å². The summed E-state index contributed by atoms with van der Waals surface area (Å²) in [6, 6.07) is 10.6. The number of aromatic amines is 1. The molecule has 5 nitrogen and oxygen atoms in total. The number of imidazole rings is 1. The molecule has 2 heterocycles. The highest BCUT2D eigenvalue weighted by Gasteiger charge is 2.21. The number of hydrogen-bond donors (Lipinski definition) is 1. The number of aromatic nitrogens is 2. The Bertz CT molecular complexity index is 961. The van der Waals surface area contributed by atoms with Crippen LogP contribution in [0.5, 0.6) is 0 Å². The second-order valence-corrected chi connectivity index (χ2v) is 7.80. The van der Waals surface area contributed by atoms with Gasteiger partial charge in [-0.05, 0) is 30.3 Å². The normalized spacial score (nSPS) is 12.2. The molecule has 1 aromatic carbocycles. The first kappa shape index (κ1) is 17.0. The summed E-state index contributed by atoms with van der Waals surface area (Å²) in [6.07, 6.45) is 3.74. The van der Waals surface area contributed by atoms with E-state index in [9.17, 15) is 8.42 Å². The molecule has 0 saturated carbocycles. The SMILES string of the molecule is CCN(CC)S(=O)(=O)c1ccc(-c2c[n+]3cc(Cl)ccc3[nH]2)cc1. The Kier molecular flexibility index (Phi) is 4.62. The zero-order valence-corrected chi connectivity index (χ0v) is 15.1. The van der Waals surface area contributed by atoms with Gasteiger partial charge < -0.3 is 0 Å². The average Bonchev–Trinajstić information content (AvgIpc) is 2.99. The molecule has 1 N–H and O–H groups in total. The van der Waals surface area contributed by atoms with Crippen LogP contribution in [0.4, 0.5) is 0 Å². The fourth-order valence-corrected chi connectivity index (χ4v) is 4.30. The number of sulfonamides is 1. The van der Waals surface area contributed by atoms with Crippen LogP contribution in [0.2, 0.25) is 5.02 Å². The van der Waals surface area contributed by atoms with Crippen molar-refractivity contribution in [2.45, 2.75) is 18.7 Å². The van der Waals surface area contributed by atoms with Crippen molar-refractivity contribution in [2.75, 3.05) is 13.1 Å². The van der Waals surface area contributed by atoms with Crippen molar-refractivity contribution in [1.29, 1.82) is 0 Å². The van der Waals surface area contributed by atoms with Crippen molar-refractivity contribution in [3.63, 3.8) is 0 Å². The topological polar surface area (TPSA) is 57.3 Å². The molecule has 3 aromatic rings. The quantitative estimate of drug-likeness (QED) is 0.707. The van der Waals surface area contributed by atoms with Crippen molar-refractivity contribution in [1.82, 2.24) is 9.29 Å². The summed E-state index contributed by atoms with van der Waals surface area (Å²) in [5.74, 6) is 0. The second-order valence-electron chi connectivity index (χ2n) is 5.42. The van der Waals surface area contributed by atoms with Crippen molar-refractivity contribution in [3.05, 3.63) is 53.8 Å². The molecule has 126 valence electrons. The van der Waals surface area contributed by atoms with E-state index in [-0.39, 0.29) is 0 Å². The lowest BCUT2D eigenvalue weighted by Gasteiger charge is -2.18. The van der Waals surface area contributed by atoms with E-state index in [1.807, 2.05) is 54.9 Å². The van der Waals surface area contributed by atoms with E-state index in [2.05, 4.69) is 4.98 Å². The molecule has 0 aliphatic heterocycles. The Morgan fingerprint density at radius 3 is 2.33 bits per heavy atom. The first-order chi connectivity index (χ1) is 11.5. The number of H-pyrrole nitrogens is 1. The third kappa shape index (κ3) is 3.05. The van der Waals surface area contributed by atoms with Crippen LogP contribution < -0.4 is 4.40 Å². The maximum absolute atomic E-state index is 12.5. The summed E-state index contributed by atoms with van der Waals surface area (Å²) in [7, 11) is -3.43. The monoisotopic (exact) mass is 364 g/mol. The largest absolute Gasteiger partial charge is 0.284 e. The molecule has 0 bridgehead atoms. The Labute approximate surface area is 146 Å². The van der Waals surface area contributed by atoms with E-state index >= 15 is 0 Å². The molecule has 0 atom stereocenters. The van der Waals surface area contributed by atoms with Gasteiger partial charge in [-0.25, -0.2) is 17.8 Å². The van der Waals surface area contributed by atoms with Gasteiger partial charge in [-0.3, -0.25) is 0 Å². The molecular weight excluding hydrogens is 346 g/mol. The van der Waals surface area contributed by atoms with Crippen molar-refractivity contribution in [2.24, 2.45) is 0 Å². The number of halogens is 1. The van der Waals surface area contributed by atoms with Crippen LogP contribution in [-0.2, 0) is 10.0 Å². The van der Waals surface area contributed by atoms with Crippen LogP contribution in [0.25, 0.3) is 16.9 Å². The molecule has 0 unspecified atom stereocenters. The Hall–Kier alpha value is -1.89. The highest BCUT2D eigenvalue weighted by molar-refractivity contribution is 7.89. The van der Waals surface area contributed by atoms with E-state index in [1.165, 1.54) is 4.31 Å². The van der Waals surface area contributed by atoms with E-state index < -0.39 is 10.0 Å². The minimum atomic E-state index is -3.43. The number of rotatable bonds is 5. The number of nitrogens with one attached hydrogen (secondary N) is 1. The summed E-state index contributed by atoms with van der Waals surface area (Å²) >= 11 is 6.00. The molecule has 0 radical (unpaired) electrons. The van der Waals surface area contributed by atoms with Gasteiger partial charge >= 0.3 is 0 Å². The molecule has 7 heteroatoms. The smallest absolute Gasteiger partial charge is 0.237 e. The summed E-state index contributed by atoms with van der Waals surface area (Å²) < 4.78 is 28.4. The molecule has 0 fully saturated rings. The summed E-state index contributed by atoms with van der Waals surface area (Å²) in [6.45, 7) is 4.59. The van der Waals surface area contributed by atoms with Gasteiger partial charge in [0.2, 0.25) is 10.0 Å². The summed E-state index contributed by atoms with van der Waals surface area (Å²) in [4.78, 5) is 3.59. The number of fused-ring (bicyclic) bond motifs is 1. The zero-order chi connectivity index (χ0) is 17.3. The average molecular weight is 365 g/mol. The van der Waals surface area contributed by atoms with E-state index in [0.717, 1.165) is 16.9 Å². The van der Waals surface area contributed by atoms with Crippen molar-refractivity contribution < 1.29 is 12.8 Å². The van der Waals surface area contributed by atoms with Crippen molar-refractivity contribution >= 4 is 27.3 Å². The number of nitrogens with zero attached hydrogens (tertiary/aromatic N) is 2. The minimum absolute atomic E-state index is 0.307. The maximum atomic E-state index is 12.5. The fraction of sp³-hybridized carbons (Fsp3) is 0.235. The van der Waals surface area contributed by atoms with Gasteiger partial charge in [0.1, 0.15) is 12.4 Å². The second kappa shape index (κ2) is 6.55. The first-order valence-corrected chi connectivity index (χ1v) is 9.57. The van der Waals surface area contributed by atoms with Gasteiger partial charge in [0.05, 0.1) is 9.92 Å². The molecule has 0 saturated heterocycles. The molecule has 24 heavy (non-hydrogen) atoms. The van der Waals surface area contributed by atoms with E-state index in [1.54, 1.807) is 12.1 Å². The Balaban J connectivity index is 1.96. The van der Waals surface area contributed by atoms with Crippen LogP contribution in [0.3, 0.4) is 0 Å². The highest BCUT2D eigenvalue weighted by atomic mass is 35.5. The van der Waals surface area contributed by atoms with Gasteiger partial charge in [-0.1, -0.05) is 25.4 Å². The van der Waals surface area contributed by atoms with E-state index in [0.29, 0.717) is 23.0 Å². The van der Waals surface area contributed by atoms with Gasteiger partial charge in [0.15, 0.2) is 5.69 Å². The van der Waals surface area contributed by atoms with Crippen LogP contribution in [0, 0.1) is 0 Å². The number of benzene rings is 1. The van der Waals surface area contributed by atoms with E-state index in [4.69, 9.17) is 11.6 Å². The molecule has 3 rings (SSSR count). The van der Waals surface area contributed by atoms with Crippen LogP contribution in [0.1, 0.15) is 13.8 Å². The fourth-order valence-electron chi connectivity index (χ4n) is 2.68. The molecule has 0 spiro atoms. The molecule has 2 aromatic heterocycles. The lowest BCUT2D eigenvalue weighted by atomic mass is 10.2. The lowest BCUT2D eigenvalue weighted by Crippen LogP contribution is -2.30. The molecular formula is C17H19ClN3O2S+. The van der Waals surface area contributed by atoms with Crippen LogP contribution in [0.15, 0.2) is 53.7 Å².